The molecule has 1 atom stereocenters. The average Bonchev–Trinajstić information content (AvgIpc) is 3.19. The van der Waals surface area contributed by atoms with Gasteiger partial charge in [-0.1, -0.05) is 41.9 Å². The molecular weight excluding hydrogens is 460 g/mol. The standard InChI is InChI=1S/C23H23ClN6O4/c1-14(15-8-10-16(24)11-9-15)27-28-22-25-20-19(21(32)26-23(33)29(20)2)30(22)12-17(31)13-34-18-6-4-3-5-7-18/h3-11,17,31H,12-13H2,1-2H3,(H,25,28)(H,26,32,33)/b27-14+/t17-/m1/s1. The van der Waals surface area contributed by atoms with E-state index < -0.39 is 17.4 Å². The zero-order chi connectivity index (χ0) is 24.2. The van der Waals surface area contributed by atoms with Crippen LogP contribution in [0, 0.1) is 0 Å². The Morgan fingerprint density at radius 3 is 2.62 bits per heavy atom. The summed E-state index contributed by atoms with van der Waals surface area (Å²) in [6.07, 6.45) is -0.976. The first kappa shape index (κ1) is 23.3. The number of H-pyrrole nitrogens is 1. The second kappa shape index (κ2) is 9.94. The molecule has 0 fully saturated rings. The molecule has 0 radical (unpaired) electrons. The van der Waals surface area contributed by atoms with Gasteiger partial charge in [0.15, 0.2) is 11.2 Å². The summed E-state index contributed by atoms with van der Waals surface area (Å²) in [5, 5.41) is 15.6. The van der Waals surface area contributed by atoms with Crippen molar-refractivity contribution >= 4 is 34.4 Å². The minimum atomic E-state index is -0.976. The van der Waals surface area contributed by atoms with Crippen molar-refractivity contribution in [1.82, 2.24) is 19.1 Å². The second-order valence-corrected chi connectivity index (χ2v) is 8.07. The van der Waals surface area contributed by atoms with Crippen LogP contribution in [0.25, 0.3) is 11.2 Å². The number of halogens is 1. The molecule has 11 heteroatoms. The third-order valence-electron chi connectivity index (χ3n) is 5.17. The van der Waals surface area contributed by atoms with Crippen LogP contribution < -0.4 is 21.4 Å². The normalized spacial score (nSPS) is 12.6. The number of fused-ring (bicyclic) bond motifs is 1. The number of hydrogen-bond acceptors (Lipinski definition) is 7. The lowest BCUT2D eigenvalue weighted by atomic mass is 10.1. The molecule has 4 aromatic rings. The highest BCUT2D eigenvalue weighted by Gasteiger charge is 2.20. The van der Waals surface area contributed by atoms with Crippen LogP contribution in [-0.2, 0) is 13.6 Å². The maximum absolute atomic E-state index is 12.6. The molecule has 176 valence electrons. The van der Waals surface area contributed by atoms with E-state index in [1.54, 1.807) is 31.2 Å². The molecule has 2 heterocycles. The number of nitrogens with zero attached hydrogens (tertiary/aromatic N) is 4. The topological polar surface area (TPSA) is 127 Å². The smallest absolute Gasteiger partial charge is 0.329 e. The van der Waals surface area contributed by atoms with Crippen LogP contribution in [0.3, 0.4) is 0 Å². The van der Waals surface area contributed by atoms with E-state index in [2.05, 4.69) is 20.5 Å². The first-order valence-electron chi connectivity index (χ1n) is 10.4. The van der Waals surface area contributed by atoms with E-state index in [1.807, 2.05) is 30.3 Å². The van der Waals surface area contributed by atoms with Gasteiger partial charge in [0.1, 0.15) is 18.5 Å². The van der Waals surface area contributed by atoms with E-state index >= 15 is 0 Å². The molecule has 0 saturated carbocycles. The van der Waals surface area contributed by atoms with Gasteiger partial charge in [-0.05, 0) is 36.8 Å². The Morgan fingerprint density at radius 2 is 1.91 bits per heavy atom. The maximum atomic E-state index is 12.6. The summed E-state index contributed by atoms with van der Waals surface area (Å²) in [5.41, 5.74) is 3.41. The fraction of sp³-hybridized carbons (Fsp3) is 0.217. The molecule has 0 amide bonds. The van der Waals surface area contributed by atoms with Crippen molar-refractivity contribution in [1.29, 1.82) is 0 Å². The summed E-state index contributed by atoms with van der Waals surface area (Å²) < 4.78 is 8.32. The molecular formula is C23H23ClN6O4. The molecule has 4 rings (SSSR count). The van der Waals surface area contributed by atoms with Gasteiger partial charge in [-0.3, -0.25) is 14.3 Å². The highest BCUT2D eigenvalue weighted by Crippen LogP contribution is 2.18. The summed E-state index contributed by atoms with van der Waals surface area (Å²) in [6, 6.07) is 16.2. The van der Waals surface area contributed by atoms with Crippen molar-refractivity contribution in [2.75, 3.05) is 12.0 Å². The van der Waals surface area contributed by atoms with Crippen LogP contribution in [0.2, 0.25) is 5.02 Å². The Hall–Kier alpha value is -3.89. The zero-order valence-electron chi connectivity index (χ0n) is 18.5. The fourth-order valence-corrected chi connectivity index (χ4v) is 3.49. The second-order valence-electron chi connectivity index (χ2n) is 7.63. The molecule has 0 saturated heterocycles. The van der Waals surface area contributed by atoms with Crippen molar-refractivity contribution in [3.8, 4) is 5.75 Å². The number of ether oxygens (including phenoxy) is 1. The predicted octanol–water partition coefficient (Wildman–Crippen LogP) is 2.35. The molecule has 0 aliphatic heterocycles. The lowest BCUT2D eigenvalue weighted by Crippen LogP contribution is -2.30. The lowest BCUT2D eigenvalue weighted by molar-refractivity contribution is 0.0938. The van der Waals surface area contributed by atoms with E-state index in [1.165, 1.54) is 16.2 Å². The van der Waals surface area contributed by atoms with Gasteiger partial charge in [-0.2, -0.15) is 10.1 Å². The van der Waals surface area contributed by atoms with Crippen molar-refractivity contribution in [3.05, 3.63) is 86.0 Å². The number of aliphatic hydroxyl groups is 1. The van der Waals surface area contributed by atoms with Gasteiger partial charge in [0, 0.05) is 12.1 Å². The average molecular weight is 483 g/mol. The van der Waals surface area contributed by atoms with E-state index in [9.17, 15) is 14.7 Å². The van der Waals surface area contributed by atoms with Crippen LogP contribution in [0.15, 0.2) is 69.3 Å². The van der Waals surface area contributed by atoms with Gasteiger partial charge in [0.25, 0.3) is 5.56 Å². The van der Waals surface area contributed by atoms with E-state index in [-0.39, 0.29) is 30.3 Å². The monoisotopic (exact) mass is 482 g/mol. The number of aryl methyl sites for hydroxylation is 1. The summed E-state index contributed by atoms with van der Waals surface area (Å²) >= 11 is 5.95. The summed E-state index contributed by atoms with van der Waals surface area (Å²) in [6.45, 7) is 1.76. The zero-order valence-corrected chi connectivity index (χ0v) is 19.3. The summed E-state index contributed by atoms with van der Waals surface area (Å²) in [5.74, 6) is 0.799. The molecule has 0 bridgehead atoms. The Kier molecular flexibility index (Phi) is 6.80. The van der Waals surface area contributed by atoms with E-state index in [0.717, 1.165) is 5.56 Å². The first-order chi connectivity index (χ1) is 16.3. The van der Waals surface area contributed by atoms with Crippen molar-refractivity contribution in [2.24, 2.45) is 12.1 Å². The van der Waals surface area contributed by atoms with Gasteiger partial charge in [0.2, 0.25) is 5.95 Å². The number of hydrogen-bond donors (Lipinski definition) is 3. The molecule has 2 aromatic heterocycles. The Bertz CT molecular complexity index is 1440. The fourth-order valence-electron chi connectivity index (χ4n) is 3.36. The number of rotatable bonds is 8. The quantitative estimate of drug-likeness (QED) is 0.261. The number of benzene rings is 2. The van der Waals surface area contributed by atoms with Gasteiger partial charge in [-0.15, -0.1) is 0 Å². The number of anilines is 1. The number of hydrazone groups is 1. The summed E-state index contributed by atoms with van der Waals surface area (Å²) in [7, 11) is 1.50. The third kappa shape index (κ3) is 5.03. The van der Waals surface area contributed by atoms with Crippen LogP contribution in [0.1, 0.15) is 12.5 Å². The van der Waals surface area contributed by atoms with Crippen LogP contribution >= 0.6 is 11.6 Å². The molecule has 34 heavy (non-hydrogen) atoms. The van der Waals surface area contributed by atoms with Crippen molar-refractivity contribution < 1.29 is 9.84 Å². The number of imidazole rings is 1. The highest BCUT2D eigenvalue weighted by molar-refractivity contribution is 6.30. The van der Waals surface area contributed by atoms with Crippen molar-refractivity contribution in [3.63, 3.8) is 0 Å². The molecule has 3 N–H and O–H groups in total. The number of aliphatic hydroxyl groups excluding tert-OH is 1. The molecule has 2 aromatic carbocycles. The highest BCUT2D eigenvalue weighted by atomic mass is 35.5. The number of para-hydroxylation sites is 1. The predicted molar refractivity (Wildman–Crippen MR) is 131 cm³/mol. The maximum Gasteiger partial charge on any atom is 0.329 e. The Morgan fingerprint density at radius 1 is 1.21 bits per heavy atom. The van der Waals surface area contributed by atoms with E-state index in [0.29, 0.717) is 16.5 Å². The molecule has 0 unspecified atom stereocenters. The van der Waals surface area contributed by atoms with Gasteiger partial charge in [0.05, 0.1) is 12.3 Å². The minimum Gasteiger partial charge on any atom is -0.491 e. The Balaban J connectivity index is 1.65. The number of aromatic nitrogens is 4. The van der Waals surface area contributed by atoms with E-state index in [4.69, 9.17) is 16.3 Å². The SMILES string of the molecule is C/C(=N\Nc1nc2c(c(=O)[nH]c(=O)n2C)n1C[C@@H](O)COc1ccccc1)c1ccc(Cl)cc1. The third-order valence-corrected chi connectivity index (χ3v) is 5.42. The van der Waals surface area contributed by atoms with Crippen LogP contribution in [-0.4, -0.2) is 42.6 Å². The lowest BCUT2D eigenvalue weighted by Gasteiger charge is -2.15. The number of nitrogens with one attached hydrogen (secondary N) is 2. The van der Waals surface area contributed by atoms with Gasteiger partial charge in [-0.25, -0.2) is 10.2 Å². The first-order valence-corrected chi connectivity index (χ1v) is 10.8. The Labute approximate surface area is 199 Å². The molecule has 0 aliphatic carbocycles. The molecule has 10 nitrogen and oxygen atoms in total. The molecule has 0 aliphatic rings. The number of aromatic amines is 1. The summed E-state index contributed by atoms with van der Waals surface area (Å²) in [4.78, 5) is 31.3. The van der Waals surface area contributed by atoms with Crippen LogP contribution in [0.4, 0.5) is 5.95 Å². The van der Waals surface area contributed by atoms with Crippen molar-refractivity contribution in [2.45, 2.75) is 19.6 Å². The van der Waals surface area contributed by atoms with Crippen LogP contribution in [0.5, 0.6) is 5.75 Å². The minimum absolute atomic E-state index is 0.0140. The van der Waals surface area contributed by atoms with Gasteiger partial charge >= 0.3 is 5.69 Å². The van der Waals surface area contributed by atoms with Gasteiger partial charge < -0.3 is 14.4 Å². The largest absolute Gasteiger partial charge is 0.491 e. The molecule has 0 spiro atoms.